The molecule has 36 heavy (non-hydrogen) atoms. The summed E-state index contributed by atoms with van der Waals surface area (Å²) in [7, 11) is 1.53. The standard InChI is InChI=1S/C26H32N4O6/c1-15-22-18(7-5-8-20(22)31)29-23(15)26(34)30-19-6-3-4-11-27-24(32)17-10-9-16(35-2)14-21(17)36-13-12-28-25(19)33/h9-10,14,19,29H,3-8,11-13H2,1-2H3,(H,27,32)(H,28,33)(H,30,34)/t19-/m0/s1. The van der Waals surface area contributed by atoms with Crippen LogP contribution in [-0.4, -0.2) is 61.3 Å². The monoisotopic (exact) mass is 496 g/mol. The number of methoxy groups -OCH3 is 1. The lowest BCUT2D eigenvalue weighted by Gasteiger charge is -2.20. The molecule has 1 aromatic carbocycles. The van der Waals surface area contributed by atoms with Gasteiger partial charge in [-0.1, -0.05) is 0 Å². The number of Topliss-reactive ketones (excluding diaryl/α,β-unsaturated/α-hetero) is 1. The SMILES string of the molecule is COc1ccc2c(c1)OCCNC(=O)[C@@H](NC(=O)c1[nH]c3c(c1C)C(=O)CCC3)CCCCNC2=O. The highest BCUT2D eigenvalue weighted by Crippen LogP contribution is 2.27. The molecule has 0 spiro atoms. The summed E-state index contributed by atoms with van der Waals surface area (Å²) in [6.07, 6.45) is 3.60. The molecular weight excluding hydrogens is 464 g/mol. The van der Waals surface area contributed by atoms with Gasteiger partial charge in [0.2, 0.25) is 5.91 Å². The molecule has 10 nitrogen and oxygen atoms in total. The van der Waals surface area contributed by atoms with E-state index < -0.39 is 11.9 Å². The van der Waals surface area contributed by atoms with E-state index in [0.29, 0.717) is 66.1 Å². The Labute approximate surface area is 209 Å². The predicted octanol–water partition coefficient (Wildman–Crippen LogP) is 2.06. The molecule has 4 N–H and O–H groups in total. The summed E-state index contributed by atoms with van der Waals surface area (Å²) in [4.78, 5) is 54.1. The third kappa shape index (κ3) is 5.53. The number of benzene rings is 1. The molecule has 4 rings (SSSR count). The van der Waals surface area contributed by atoms with Crippen molar-refractivity contribution < 1.29 is 28.7 Å². The maximum atomic E-state index is 13.1. The van der Waals surface area contributed by atoms with Crippen LogP contribution in [-0.2, 0) is 11.2 Å². The first-order valence-electron chi connectivity index (χ1n) is 12.3. The molecule has 0 radical (unpaired) electrons. The van der Waals surface area contributed by atoms with Crippen molar-refractivity contribution in [3.8, 4) is 11.5 Å². The topological polar surface area (TPSA) is 139 Å². The maximum absolute atomic E-state index is 13.1. The number of rotatable bonds is 3. The van der Waals surface area contributed by atoms with Crippen molar-refractivity contribution in [1.29, 1.82) is 0 Å². The molecule has 0 saturated carbocycles. The highest BCUT2D eigenvalue weighted by Gasteiger charge is 2.28. The van der Waals surface area contributed by atoms with Gasteiger partial charge < -0.3 is 30.4 Å². The van der Waals surface area contributed by atoms with Crippen molar-refractivity contribution in [3.63, 3.8) is 0 Å². The van der Waals surface area contributed by atoms with Crippen molar-refractivity contribution in [2.45, 2.75) is 51.5 Å². The Kier molecular flexibility index (Phi) is 7.92. The van der Waals surface area contributed by atoms with Gasteiger partial charge in [0.25, 0.3) is 11.8 Å². The number of nitrogens with one attached hydrogen (secondary N) is 4. The molecule has 192 valence electrons. The fourth-order valence-electron chi connectivity index (χ4n) is 4.67. The van der Waals surface area contributed by atoms with Gasteiger partial charge in [0.05, 0.1) is 19.2 Å². The number of amides is 3. The Bertz CT molecular complexity index is 1170. The summed E-state index contributed by atoms with van der Waals surface area (Å²) in [6.45, 7) is 2.49. The molecule has 0 bridgehead atoms. The molecule has 2 aromatic rings. The van der Waals surface area contributed by atoms with Crippen molar-refractivity contribution in [2.75, 3.05) is 26.8 Å². The van der Waals surface area contributed by atoms with Crippen LogP contribution in [0.25, 0.3) is 0 Å². The van der Waals surface area contributed by atoms with Gasteiger partial charge >= 0.3 is 0 Å². The van der Waals surface area contributed by atoms with Gasteiger partial charge in [-0.3, -0.25) is 19.2 Å². The van der Waals surface area contributed by atoms with Crippen molar-refractivity contribution >= 4 is 23.5 Å². The van der Waals surface area contributed by atoms with Crippen LogP contribution in [0.5, 0.6) is 11.5 Å². The molecule has 0 unspecified atom stereocenters. The Morgan fingerprint density at radius 3 is 2.69 bits per heavy atom. The highest BCUT2D eigenvalue weighted by atomic mass is 16.5. The summed E-state index contributed by atoms with van der Waals surface area (Å²) < 4.78 is 11.0. The second kappa shape index (κ2) is 11.3. The molecule has 0 saturated heterocycles. The van der Waals surface area contributed by atoms with Crippen molar-refractivity contribution in [1.82, 2.24) is 20.9 Å². The van der Waals surface area contributed by atoms with E-state index in [0.717, 1.165) is 18.5 Å². The number of fused-ring (bicyclic) bond motifs is 2. The van der Waals surface area contributed by atoms with Crippen LogP contribution in [0.2, 0.25) is 0 Å². The molecule has 1 aliphatic carbocycles. The van der Waals surface area contributed by atoms with Gasteiger partial charge in [-0.2, -0.15) is 0 Å². The van der Waals surface area contributed by atoms with Crippen molar-refractivity contribution in [2.24, 2.45) is 0 Å². The van der Waals surface area contributed by atoms with Crippen molar-refractivity contribution in [3.05, 3.63) is 46.3 Å². The van der Waals surface area contributed by atoms with Crippen LogP contribution in [0.4, 0.5) is 0 Å². The molecule has 2 aliphatic rings. The maximum Gasteiger partial charge on any atom is 0.268 e. The molecule has 0 fully saturated rings. The third-order valence-corrected chi connectivity index (χ3v) is 6.58. The van der Waals surface area contributed by atoms with Crippen LogP contribution in [0.1, 0.15) is 74.6 Å². The van der Waals surface area contributed by atoms with Crippen LogP contribution >= 0.6 is 0 Å². The number of aromatic nitrogens is 1. The molecular formula is C26H32N4O6. The van der Waals surface area contributed by atoms with Gasteiger partial charge in [-0.05, 0) is 56.7 Å². The lowest BCUT2D eigenvalue weighted by Crippen LogP contribution is -2.48. The molecule has 1 aliphatic heterocycles. The van der Waals surface area contributed by atoms with E-state index in [1.165, 1.54) is 7.11 Å². The summed E-state index contributed by atoms with van der Waals surface area (Å²) >= 11 is 0. The minimum Gasteiger partial charge on any atom is -0.497 e. The predicted molar refractivity (Wildman–Crippen MR) is 132 cm³/mol. The van der Waals surface area contributed by atoms with E-state index in [1.54, 1.807) is 25.1 Å². The Morgan fingerprint density at radius 1 is 1.08 bits per heavy atom. The number of aryl methyl sites for hydroxylation is 1. The van der Waals surface area contributed by atoms with Gasteiger partial charge in [-0.15, -0.1) is 0 Å². The molecule has 1 aromatic heterocycles. The minimum absolute atomic E-state index is 0.0426. The molecule has 3 amide bonds. The van der Waals surface area contributed by atoms with Gasteiger partial charge in [0, 0.05) is 30.3 Å². The molecule has 1 atom stereocenters. The van der Waals surface area contributed by atoms with Crippen LogP contribution in [0.3, 0.4) is 0 Å². The quantitative estimate of drug-likeness (QED) is 0.513. The number of hydrogen-bond donors (Lipinski definition) is 4. The Hall–Kier alpha value is -3.82. The number of ketones is 1. The first kappa shape index (κ1) is 25.3. The lowest BCUT2D eigenvalue weighted by molar-refractivity contribution is -0.123. The van der Waals surface area contributed by atoms with E-state index in [9.17, 15) is 19.2 Å². The third-order valence-electron chi connectivity index (χ3n) is 6.58. The molecule has 2 heterocycles. The summed E-state index contributed by atoms with van der Waals surface area (Å²) in [5.74, 6) is -0.0212. The van der Waals surface area contributed by atoms with E-state index >= 15 is 0 Å². The summed E-state index contributed by atoms with van der Waals surface area (Å²) in [6, 6.07) is 4.21. The van der Waals surface area contributed by atoms with E-state index in [4.69, 9.17) is 9.47 Å². The second-order valence-electron chi connectivity index (χ2n) is 9.03. The lowest BCUT2D eigenvalue weighted by atomic mass is 9.94. The fourth-order valence-corrected chi connectivity index (χ4v) is 4.67. The first-order chi connectivity index (χ1) is 17.4. The van der Waals surface area contributed by atoms with Gasteiger partial charge in [-0.25, -0.2) is 0 Å². The fraction of sp³-hybridized carbons (Fsp3) is 0.462. The molecule has 10 heteroatoms. The smallest absolute Gasteiger partial charge is 0.268 e. The summed E-state index contributed by atoms with van der Waals surface area (Å²) in [5.41, 5.74) is 2.73. The van der Waals surface area contributed by atoms with Gasteiger partial charge in [0.15, 0.2) is 5.78 Å². The number of ether oxygens (including phenoxy) is 2. The Balaban J connectivity index is 1.45. The highest BCUT2D eigenvalue weighted by molar-refractivity contribution is 6.05. The number of carbonyl (C=O) groups is 4. The zero-order valence-corrected chi connectivity index (χ0v) is 20.6. The van der Waals surface area contributed by atoms with Crippen LogP contribution < -0.4 is 25.4 Å². The normalized spacial score (nSPS) is 19.1. The summed E-state index contributed by atoms with van der Waals surface area (Å²) in [5, 5.41) is 8.52. The number of carbonyl (C=O) groups excluding carboxylic acids is 4. The first-order valence-corrected chi connectivity index (χ1v) is 12.3. The average Bonchev–Trinajstić information content (AvgIpc) is 3.22. The van der Waals surface area contributed by atoms with E-state index in [-0.39, 0.29) is 30.7 Å². The number of hydrogen-bond acceptors (Lipinski definition) is 6. The average molecular weight is 497 g/mol. The second-order valence-corrected chi connectivity index (χ2v) is 9.03. The number of aromatic amines is 1. The zero-order valence-electron chi connectivity index (χ0n) is 20.6. The number of H-pyrrole nitrogens is 1. The zero-order chi connectivity index (χ0) is 25.7. The Morgan fingerprint density at radius 2 is 1.92 bits per heavy atom. The van der Waals surface area contributed by atoms with Crippen LogP contribution in [0, 0.1) is 6.92 Å². The minimum atomic E-state index is -0.765. The van der Waals surface area contributed by atoms with E-state index in [1.807, 2.05) is 0 Å². The van der Waals surface area contributed by atoms with E-state index in [2.05, 4.69) is 20.9 Å². The van der Waals surface area contributed by atoms with Crippen LogP contribution in [0.15, 0.2) is 18.2 Å². The largest absolute Gasteiger partial charge is 0.497 e. The van der Waals surface area contributed by atoms with Gasteiger partial charge in [0.1, 0.15) is 29.8 Å².